The second kappa shape index (κ2) is 14.3. The van der Waals surface area contributed by atoms with Gasteiger partial charge in [-0.3, -0.25) is 0 Å². The highest BCUT2D eigenvalue weighted by atomic mass is 14.3. The first-order valence-electron chi connectivity index (χ1n) is 14.9. The highest BCUT2D eigenvalue weighted by Gasteiger charge is 2.21. The van der Waals surface area contributed by atoms with Crippen LogP contribution >= 0.6 is 0 Å². The zero-order valence-corrected chi connectivity index (χ0v) is 22.8. The molecule has 0 spiro atoms. The molecular formula is C36H46. The lowest BCUT2D eigenvalue weighted by molar-refractivity contribution is 0.302. The zero-order chi connectivity index (χ0) is 25.0. The van der Waals surface area contributed by atoms with Crippen LogP contribution in [0.15, 0.2) is 60.7 Å². The molecule has 0 aromatic heterocycles. The van der Waals surface area contributed by atoms with E-state index in [1.807, 2.05) is 0 Å². The summed E-state index contributed by atoms with van der Waals surface area (Å²) in [6.07, 6.45) is 19.4. The van der Waals surface area contributed by atoms with Crippen LogP contribution in [0.2, 0.25) is 0 Å². The molecule has 36 heavy (non-hydrogen) atoms. The molecule has 0 nitrogen and oxygen atoms in total. The molecule has 0 bridgehead atoms. The summed E-state index contributed by atoms with van der Waals surface area (Å²) in [4.78, 5) is 0. The molecule has 0 N–H and O–H groups in total. The lowest BCUT2D eigenvalue weighted by Crippen LogP contribution is -2.13. The summed E-state index contributed by atoms with van der Waals surface area (Å²) in [5.74, 6) is 8.50. The maximum atomic E-state index is 3.39. The molecule has 1 aliphatic carbocycles. The average molecular weight is 479 g/mol. The number of aryl methyl sites for hydroxylation is 1. The van der Waals surface area contributed by atoms with Gasteiger partial charge in [0.1, 0.15) is 0 Å². The minimum absolute atomic E-state index is 0.746. The Kier molecular flexibility index (Phi) is 10.5. The van der Waals surface area contributed by atoms with Crippen molar-refractivity contribution in [2.75, 3.05) is 0 Å². The van der Waals surface area contributed by atoms with Crippen molar-refractivity contribution in [1.29, 1.82) is 0 Å². The zero-order valence-electron chi connectivity index (χ0n) is 22.8. The average Bonchev–Trinajstić information content (AvgIpc) is 2.92. The molecule has 1 aliphatic rings. The van der Waals surface area contributed by atoms with Crippen LogP contribution in [0.1, 0.15) is 125 Å². The fraction of sp³-hybridized carbons (Fsp3) is 0.500. The third kappa shape index (κ3) is 8.00. The van der Waals surface area contributed by atoms with Crippen molar-refractivity contribution in [1.82, 2.24) is 0 Å². The molecule has 0 amide bonds. The van der Waals surface area contributed by atoms with Gasteiger partial charge in [0.15, 0.2) is 0 Å². The van der Waals surface area contributed by atoms with E-state index < -0.39 is 0 Å². The van der Waals surface area contributed by atoms with Crippen LogP contribution in [0.25, 0.3) is 10.8 Å². The molecule has 0 radical (unpaired) electrons. The van der Waals surface area contributed by atoms with Crippen LogP contribution in [-0.2, 0) is 6.42 Å². The summed E-state index contributed by atoms with van der Waals surface area (Å²) in [5, 5.41) is 2.59. The van der Waals surface area contributed by atoms with Crippen LogP contribution in [0, 0.1) is 17.8 Å². The van der Waals surface area contributed by atoms with Gasteiger partial charge in [0.05, 0.1) is 0 Å². The molecule has 3 aromatic rings. The van der Waals surface area contributed by atoms with Crippen LogP contribution in [-0.4, -0.2) is 0 Å². The predicted octanol–water partition coefficient (Wildman–Crippen LogP) is 10.6. The summed E-state index contributed by atoms with van der Waals surface area (Å²) in [5.41, 5.74) is 5.15. The molecule has 0 atom stereocenters. The van der Waals surface area contributed by atoms with E-state index in [1.165, 1.54) is 105 Å². The second-order valence-corrected chi connectivity index (χ2v) is 11.1. The molecule has 0 aliphatic heterocycles. The van der Waals surface area contributed by atoms with Crippen molar-refractivity contribution in [3.63, 3.8) is 0 Å². The Morgan fingerprint density at radius 3 is 2.00 bits per heavy atom. The van der Waals surface area contributed by atoms with E-state index in [9.17, 15) is 0 Å². The maximum absolute atomic E-state index is 3.39. The lowest BCUT2D eigenvalue weighted by Gasteiger charge is -2.29. The molecule has 0 saturated heterocycles. The van der Waals surface area contributed by atoms with Crippen LogP contribution in [0.4, 0.5) is 0 Å². The predicted molar refractivity (Wildman–Crippen MR) is 158 cm³/mol. The summed E-state index contributed by atoms with van der Waals surface area (Å²) >= 11 is 0. The molecule has 0 heteroatoms. The van der Waals surface area contributed by atoms with E-state index in [4.69, 9.17) is 0 Å². The molecule has 4 rings (SSSR count). The van der Waals surface area contributed by atoms with Crippen molar-refractivity contribution >= 4 is 10.8 Å². The van der Waals surface area contributed by atoms with Crippen molar-refractivity contribution in [3.05, 3.63) is 82.9 Å². The van der Waals surface area contributed by atoms with Crippen molar-refractivity contribution < 1.29 is 0 Å². The van der Waals surface area contributed by atoms with Gasteiger partial charge in [0, 0.05) is 11.1 Å². The number of unbranched alkanes of at least 4 members (excludes halogenated alkanes) is 6. The largest absolute Gasteiger partial charge is 0.0654 e. The Morgan fingerprint density at radius 1 is 0.611 bits per heavy atom. The summed E-state index contributed by atoms with van der Waals surface area (Å²) in [7, 11) is 0. The Labute approximate surface area is 220 Å². The van der Waals surface area contributed by atoms with Gasteiger partial charge in [-0.1, -0.05) is 120 Å². The first kappa shape index (κ1) is 26.5. The Morgan fingerprint density at radius 2 is 1.25 bits per heavy atom. The number of fused-ring (bicyclic) bond motifs is 1. The Balaban J connectivity index is 1.24. The number of hydrogen-bond acceptors (Lipinski definition) is 0. The quantitative estimate of drug-likeness (QED) is 0.190. The maximum Gasteiger partial charge on any atom is 0.0255 e. The number of hydrogen-bond donors (Lipinski definition) is 0. The van der Waals surface area contributed by atoms with E-state index in [2.05, 4.69) is 86.4 Å². The molecule has 1 saturated carbocycles. The van der Waals surface area contributed by atoms with Gasteiger partial charge in [-0.15, -0.1) is 0 Å². The number of benzene rings is 3. The van der Waals surface area contributed by atoms with Gasteiger partial charge < -0.3 is 0 Å². The third-order valence-corrected chi connectivity index (χ3v) is 8.24. The minimum atomic E-state index is 0.746. The van der Waals surface area contributed by atoms with E-state index in [0.717, 1.165) is 29.4 Å². The fourth-order valence-corrected chi connectivity index (χ4v) is 5.97. The van der Waals surface area contributed by atoms with Crippen molar-refractivity contribution in [2.24, 2.45) is 5.92 Å². The highest BCUT2D eigenvalue weighted by molar-refractivity contribution is 5.84. The van der Waals surface area contributed by atoms with Crippen LogP contribution in [0.5, 0.6) is 0 Å². The third-order valence-electron chi connectivity index (χ3n) is 8.24. The van der Waals surface area contributed by atoms with Gasteiger partial charge >= 0.3 is 0 Å². The standard InChI is InChI=1S/C36H46/c1-3-5-6-7-8-9-10-12-29-15-21-33(22-16-29)34-23-17-30(18-24-34)13-14-32-20-26-35-27-31(11-4-2)19-25-36(35)28-32/h17-20,23-29,33H,3-12,15-16,21-22H2,1-2H3/t29-,33-. The first-order chi connectivity index (χ1) is 17.7. The van der Waals surface area contributed by atoms with Crippen molar-refractivity contribution in [2.45, 2.75) is 110 Å². The van der Waals surface area contributed by atoms with Crippen LogP contribution in [0.3, 0.4) is 0 Å². The van der Waals surface area contributed by atoms with E-state index in [1.54, 1.807) is 0 Å². The van der Waals surface area contributed by atoms with Crippen molar-refractivity contribution in [3.8, 4) is 11.8 Å². The molecular weight excluding hydrogens is 432 g/mol. The summed E-state index contributed by atoms with van der Waals surface area (Å²) in [6, 6.07) is 22.5. The monoisotopic (exact) mass is 478 g/mol. The Bertz CT molecular complexity index is 1120. The van der Waals surface area contributed by atoms with E-state index in [0.29, 0.717) is 0 Å². The van der Waals surface area contributed by atoms with E-state index >= 15 is 0 Å². The SMILES string of the molecule is CCCCCCCCC[C@H]1CC[C@H](c2ccc(C#Cc3ccc4cc(CCC)ccc4c3)cc2)CC1. The Hall–Kier alpha value is -2.52. The summed E-state index contributed by atoms with van der Waals surface area (Å²) in [6.45, 7) is 4.53. The highest BCUT2D eigenvalue weighted by Crippen LogP contribution is 2.37. The normalized spacial score (nSPS) is 17.6. The van der Waals surface area contributed by atoms with Gasteiger partial charge in [0.25, 0.3) is 0 Å². The molecule has 1 fully saturated rings. The molecule has 0 heterocycles. The fourth-order valence-electron chi connectivity index (χ4n) is 5.97. The molecule has 190 valence electrons. The molecule has 0 unspecified atom stereocenters. The summed E-state index contributed by atoms with van der Waals surface area (Å²) < 4.78 is 0. The second-order valence-electron chi connectivity index (χ2n) is 11.1. The topological polar surface area (TPSA) is 0 Å². The van der Waals surface area contributed by atoms with Gasteiger partial charge in [-0.05, 0) is 90.1 Å². The first-order valence-corrected chi connectivity index (χ1v) is 14.9. The smallest absolute Gasteiger partial charge is 0.0255 e. The lowest BCUT2D eigenvalue weighted by atomic mass is 9.77. The van der Waals surface area contributed by atoms with Crippen LogP contribution < -0.4 is 0 Å². The minimum Gasteiger partial charge on any atom is -0.0654 e. The van der Waals surface area contributed by atoms with E-state index in [-0.39, 0.29) is 0 Å². The number of rotatable bonds is 11. The van der Waals surface area contributed by atoms with Gasteiger partial charge in [-0.25, -0.2) is 0 Å². The molecule has 3 aromatic carbocycles. The van der Waals surface area contributed by atoms with Gasteiger partial charge in [0.2, 0.25) is 0 Å². The van der Waals surface area contributed by atoms with Gasteiger partial charge in [-0.2, -0.15) is 0 Å².